The molecule has 20 heavy (non-hydrogen) atoms. The molecule has 1 heterocycles. The van der Waals surface area contributed by atoms with Gasteiger partial charge in [-0.05, 0) is 6.42 Å². The van der Waals surface area contributed by atoms with Crippen LogP contribution >= 0.6 is 0 Å². The molecule has 0 aromatic carbocycles. The fourth-order valence-corrected chi connectivity index (χ4v) is 1.36. The highest BCUT2D eigenvalue weighted by atomic mass is 16.5. The van der Waals surface area contributed by atoms with Gasteiger partial charge in [-0.1, -0.05) is 6.92 Å². The quantitative estimate of drug-likeness (QED) is 0.614. The summed E-state index contributed by atoms with van der Waals surface area (Å²) in [7, 11) is 1.61. The summed E-state index contributed by atoms with van der Waals surface area (Å²) in [6, 6.07) is 0. The van der Waals surface area contributed by atoms with Crippen molar-refractivity contribution in [2.75, 3.05) is 45.3 Å². The summed E-state index contributed by atoms with van der Waals surface area (Å²) in [4.78, 5) is 19.9. The normalized spacial score (nSPS) is 10.3. The van der Waals surface area contributed by atoms with E-state index in [0.29, 0.717) is 37.9 Å². The van der Waals surface area contributed by atoms with Gasteiger partial charge in [0, 0.05) is 20.2 Å². The number of nitrogens with zero attached hydrogens (tertiary/aromatic N) is 2. The summed E-state index contributed by atoms with van der Waals surface area (Å²) in [5.41, 5.74) is 0.295. The first-order chi connectivity index (χ1) is 9.77. The van der Waals surface area contributed by atoms with Gasteiger partial charge in [-0.2, -0.15) is 0 Å². The zero-order valence-corrected chi connectivity index (χ0v) is 12.0. The zero-order chi connectivity index (χ0) is 14.6. The molecular formula is C13H22N4O3. The molecule has 1 rings (SSSR count). The lowest BCUT2D eigenvalue weighted by atomic mass is 10.4. The number of carbonyl (C=O) groups excluding carboxylic acids is 1. The van der Waals surface area contributed by atoms with Gasteiger partial charge in [-0.25, -0.2) is 9.97 Å². The van der Waals surface area contributed by atoms with Crippen LogP contribution in [0.2, 0.25) is 0 Å². The van der Waals surface area contributed by atoms with E-state index in [1.807, 2.05) is 0 Å². The third-order valence-electron chi connectivity index (χ3n) is 2.40. The highest BCUT2D eigenvalue weighted by Crippen LogP contribution is 2.00. The second-order valence-electron chi connectivity index (χ2n) is 4.07. The molecule has 7 nitrogen and oxygen atoms in total. The molecule has 0 aliphatic rings. The smallest absolute Gasteiger partial charge is 0.271 e. The SMILES string of the molecule is CCCNc1cnc(C(=O)NCCOCCOC)cn1. The first kappa shape index (κ1) is 16.3. The first-order valence-electron chi connectivity index (χ1n) is 6.68. The largest absolute Gasteiger partial charge is 0.382 e. The second-order valence-corrected chi connectivity index (χ2v) is 4.07. The predicted molar refractivity (Wildman–Crippen MR) is 75.8 cm³/mol. The van der Waals surface area contributed by atoms with Crippen molar-refractivity contribution in [2.24, 2.45) is 0 Å². The van der Waals surface area contributed by atoms with E-state index in [1.165, 1.54) is 6.20 Å². The minimum Gasteiger partial charge on any atom is -0.382 e. The molecular weight excluding hydrogens is 260 g/mol. The van der Waals surface area contributed by atoms with Crippen LogP contribution < -0.4 is 10.6 Å². The maximum Gasteiger partial charge on any atom is 0.271 e. The van der Waals surface area contributed by atoms with Crippen LogP contribution in [-0.4, -0.2) is 55.9 Å². The fourth-order valence-electron chi connectivity index (χ4n) is 1.36. The molecule has 0 radical (unpaired) electrons. The number of amides is 1. The minimum atomic E-state index is -0.255. The first-order valence-corrected chi connectivity index (χ1v) is 6.68. The van der Waals surface area contributed by atoms with Crippen molar-refractivity contribution in [3.8, 4) is 0 Å². The Kier molecular flexibility index (Phi) is 8.25. The summed E-state index contributed by atoms with van der Waals surface area (Å²) in [5, 5.41) is 5.81. The number of aromatic nitrogens is 2. The summed E-state index contributed by atoms with van der Waals surface area (Å²) in [6.07, 6.45) is 4.02. The third-order valence-corrected chi connectivity index (χ3v) is 2.40. The molecule has 7 heteroatoms. The van der Waals surface area contributed by atoms with Crippen molar-refractivity contribution in [2.45, 2.75) is 13.3 Å². The maximum atomic E-state index is 11.7. The summed E-state index contributed by atoms with van der Waals surface area (Å²) >= 11 is 0. The average Bonchev–Trinajstić information content (AvgIpc) is 2.49. The number of hydrogen-bond donors (Lipinski definition) is 2. The highest BCUT2D eigenvalue weighted by molar-refractivity contribution is 5.91. The van der Waals surface area contributed by atoms with Crippen molar-refractivity contribution in [1.29, 1.82) is 0 Å². The Morgan fingerprint density at radius 2 is 2.05 bits per heavy atom. The molecule has 0 aliphatic heterocycles. The van der Waals surface area contributed by atoms with E-state index in [1.54, 1.807) is 13.3 Å². The molecule has 1 aromatic rings. The van der Waals surface area contributed by atoms with Gasteiger partial charge in [0.1, 0.15) is 11.5 Å². The van der Waals surface area contributed by atoms with Gasteiger partial charge in [0.05, 0.1) is 32.2 Å². The molecule has 1 aromatic heterocycles. The Labute approximate surface area is 119 Å². The lowest BCUT2D eigenvalue weighted by Gasteiger charge is -2.06. The van der Waals surface area contributed by atoms with Crippen molar-refractivity contribution >= 4 is 11.7 Å². The molecule has 1 amide bonds. The minimum absolute atomic E-state index is 0.255. The fraction of sp³-hybridized carbons (Fsp3) is 0.615. The maximum absolute atomic E-state index is 11.7. The molecule has 112 valence electrons. The van der Waals surface area contributed by atoms with Gasteiger partial charge in [-0.3, -0.25) is 4.79 Å². The van der Waals surface area contributed by atoms with Crippen molar-refractivity contribution < 1.29 is 14.3 Å². The van der Waals surface area contributed by atoms with Crippen LogP contribution in [0.25, 0.3) is 0 Å². The number of hydrogen-bond acceptors (Lipinski definition) is 6. The van der Waals surface area contributed by atoms with Crippen LogP contribution in [0.15, 0.2) is 12.4 Å². The number of methoxy groups -OCH3 is 1. The second kappa shape index (κ2) is 10.1. The summed E-state index contributed by atoms with van der Waals surface area (Å²) in [5.74, 6) is 0.418. The number of nitrogens with one attached hydrogen (secondary N) is 2. The van der Waals surface area contributed by atoms with Crippen molar-refractivity contribution in [3.63, 3.8) is 0 Å². The van der Waals surface area contributed by atoms with E-state index in [2.05, 4.69) is 27.5 Å². The third kappa shape index (κ3) is 6.44. The number of ether oxygens (including phenoxy) is 2. The molecule has 0 saturated heterocycles. The highest BCUT2D eigenvalue weighted by Gasteiger charge is 2.06. The Hall–Kier alpha value is -1.73. The Balaban J connectivity index is 2.25. The summed E-state index contributed by atoms with van der Waals surface area (Å²) < 4.78 is 10.1. The molecule has 0 saturated carbocycles. The van der Waals surface area contributed by atoms with Crippen LogP contribution in [0.5, 0.6) is 0 Å². The molecule has 0 fully saturated rings. The van der Waals surface area contributed by atoms with E-state index in [4.69, 9.17) is 9.47 Å². The van der Waals surface area contributed by atoms with E-state index < -0.39 is 0 Å². The molecule has 0 unspecified atom stereocenters. The Bertz CT molecular complexity index is 384. The van der Waals surface area contributed by atoms with E-state index in [0.717, 1.165) is 13.0 Å². The number of anilines is 1. The summed E-state index contributed by atoms with van der Waals surface area (Å²) in [6.45, 7) is 4.84. The van der Waals surface area contributed by atoms with Crippen LogP contribution in [0.3, 0.4) is 0 Å². The molecule has 2 N–H and O–H groups in total. The van der Waals surface area contributed by atoms with Crippen LogP contribution in [-0.2, 0) is 9.47 Å². The Morgan fingerprint density at radius 3 is 2.70 bits per heavy atom. The van der Waals surface area contributed by atoms with Gasteiger partial charge in [-0.15, -0.1) is 0 Å². The van der Waals surface area contributed by atoms with Crippen molar-refractivity contribution in [1.82, 2.24) is 15.3 Å². The van der Waals surface area contributed by atoms with Crippen LogP contribution in [0, 0.1) is 0 Å². The van der Waals surface area contributed by atoms with Gasteiger partial charge in [0.15, 0.2) is 0 Å². The zero-order valence-electron chi connectivity index (χ0n) is 12.0. The molecule has 0 atom stereocenters. The van der Waals surface area contributed by atoms with Gasteiger partial charge in [0.25, 0.3) is 5.91 Å². The number of carbonyl (C=O) groups is 1. The van der Waals surface area contributed by atoms with E-state index in [-0.39, 0.29) is 5.91 Å². The topological polar surface area (TPSA) is 85.4 Å². The van der Waals surface area contributed by atoms with E-state index >= 15 is 0 Å². The van der Waals surface area contributed by atoms with Crippen LogP contribution in [0.4, 0.5) is 5.82 Å². The average molecular weight is 282 g/mol. The Morgan fingerprint density at radius 1 is 1.20 bits per heavy atom. The van der Waals surface area contributed by atoms with Gasteiger partial charge >= 0.3 is 0 Å². The number of rotatable bonds is 10. The molecule has 0 aliphatic carbocycles. The van der Waals surface area contributed by atoms with Crippen LogP contribution in [0.1, 0.15) is 23.8 Å². The predicted octanol–water partition coefficient (Wildman–Crippen LogP) is 0.691. The molecule has 0 spiro atoms. The molecule has 0 bridgehead atoms. The van der Waals surface area contributed by atoms with Crippen molar-refractivity contribution in [3.05, 3.63) is 18.1 Å². The van der Waals surface area contributed by atoms with Gasteiger partial charge in [0.2, 0.25) is 0 Å². The van der Waals surface area contributed by atoms with Gasteiger partial charge < -0.3 is 20.1 Å². The lowest BCUT2D eigenvalue weighted by molar-refractivity contribution is 0.0691. The van der Waals surface area contributed by atoms with E-state index in [9.17, 15) is 4.79 Å². The standard InChI is InChI=1S/C13H22N4O3/c1-3-4-14-12-10-16-11(9-17-12)13(18)15-5-6-20-8-7-19-2/h9-10H,3-8H2,1-2H3,(H,14,17)(H,15,18). The lowest BCUT2D eigenvalue weighted by Crippen LogP contribution is -2.28. The monoisotopic (exact) mass is 282 g/mol.